The van der Waals surface area contributed by atoms with Crippen LogP contribution in [0, 0.1) is 0 Å². The second kappa shape index (κ2) is 10.8. The fourth-order valence-electron chi connectivity index (χ4n) is 3.39. The molecule has 186 valence electrons. The monoisotopic (exact) mass is 509 g/mol. The number of hydroxylamine groups is 2. The second-order valence-electron chi connectivity index (χ2n) is 7.63. The van der Waals surface area contributed by atoms with Gasteiger partial charge in [0.25, 0.3) is 0 Å². The molecule has 0 aromatic heterocycles. The maximum absolute atomic E-state index is 13.0. The van der Waals surface area contributed by atoms with E-state index in [1.165, 1.54) is 36.4 Å². The Kier molecular flexibility index (Phi) is 8.03. The van der Waals surface area contributed by atoms with Crippen LogP contribution in [0.4, 0.5) is 13.2 Å². The van der Waals surface area contributed by atoms with Gasteiger partial charge in [0.15, 0.2) is 9.84 Å². The number of alkyl halides is 3. The standard InChI is InChI=1S/C24H22F3NO6S/c1-17(18-5-3-2-4-6-18)23(28(30)16-29)15-35(31,32)22-13-11-20(12-14-22)33-19-7-9-21(10-8-19)34-24(25,26)27/h2-14,16-17,23,30H,15H2,1H3/t17-,23?/m0/s1. The van der Waals surface area contributed by atoms with Crippen LogP contribution in [0.1, 0.15) is 18.4 Å². The van der Waals surface area contributed by atoms with Crippen LogP contribution in [-0.2, 0) is 14.6 Å². The topological polar surface area (TPSA) is 93.1 Å². The van der Waals surface area contributed by atoms with Gasteiger partial charge in [-0.3, -0.25) is 10.0 Å². The summed E-state index contributed by atoms with van der Waals surface area (Å²) in [5.74, 6) is -0.945. The third-order valence-electron chi connectivity index (χ3n) is 5.22. The van der Waals surface area contributed by atoms with Gasteiger partial charge in [-0.1, -0.05) is 37.3 Å². The maximum Gasteiger partial charge on any atom is 0.573 e. The normalized spacial score (nSPS) is 13.5. The van der Waals surface area contributed by atoms with E-state index in [1.807, 2.05) is 0 Å². The Bertz CT molecular complexity index is 1220. The highest BCUT2D eigenvalue weighted by molar-refractivity contribution is 7.91. The summed E-state index contributed by atoms with van der Waals surface area (Å²) in [6, 6.07) is 18.0. The number of carbonyl (C=O) groups is 1. The number of hydrogen-bond donors (Lipinski definition) is 1. The van der Waals surface area contributed by atoms with Crippen LogP contribution in [-0.4, -0.2) is 43.3 Å². The number of benzene rings is 3. The molecule has 0 aliphatic carbocycles. The van der Waals surface area contributed by atoms with Crippen molar-refractivity contribution in [2.45, 2.75) is 30.1 Å². The molecule has 0 spiro atoms. The van der Waals surface area contributed by atoms with Gasteiger partial charge in [-0.15, -0.1) is 13.2 Å². The predicted molar refractivity (Wildman–Crippen MR) is 120 cm³/mol. The van der Waals surface area contributed by atoms with E-state index < -0.39 is 39.7 Å². The van der Waals surface area contributed by atoms with Crippen molar-refractivity contribution in [2.75, 3.05) is 5.75 Å². The average Bonchev–Trinajstić information content (AvgIpc) is 2.83. The number of rotatable bonds is 10. The minimum Gasteiger partial charge on any atom is -0.457 e. The van der Waals surface area contributed by atoms with E-state index in [1.54, 1.807) is 37.3 Å². The Hall–Kier alpha value is -3.57. The minimum atomic E-state index is -4.81. The summed E-state index contributed by atoms with van der Waals surface area (Å²) in [5, 5.41) is 10.4. The van der Waals surface area contributed by atoms with Gasteiger partial charge in [-0.2, -0.15) is 0 Å². The number of hydrogen-bond acceptors (Lipinski definition) is 6. The minimum absolute atomic E-state index is 0.0525. The Morgan fingerprint density at radius 3 is 1.94 bits per heavy atom. The van der Waals surface area contributed by atoms with Gasteiger partial charge < -0.3 is 9.47 Å². The van der Waals surface area contributed by atoms with Gasteiger partial charge in [-0.25, -0.2) is 13.5 Å². The quantitative estimate of drug-likeness (QED) is 0.230. The number of halogens is 3. The van der Waals surface area contributed by atoms with Crippen molar-refractivity contribution in [1.29, 1.82) is 0 Å². The zero-order chi connectivity index (χ0) is 25.6. The van der Waals surface area contributed by atoms with E-state index in [0.717, 1.165) is 17.7 Å². The van der Waals surface area contributed by atoms with Crippen molar-refractivity contribution in [2.24, 2.45) is 0 Å². The van der Waals surface area contributed by atoms with Crippen LogP contribution in [0.15, 0.2) is 83.8 Å². The van der Waals surface area contributed by atoms with E-state index in [-0.39, 0.29) is 22.8 Å². The summed E-state index contributed by atoms with van der Waals surface area (Å²) in [7, 11) is -3.92. The molecule has 0 radical (unpaired) electrons. The first-order valence-electron chi connectivity index (χ1n) is 10.3. The molecule has 7 nitrogen and oxygen atoms in total. The summed E-state index contributed by atoms with van der Waals surface area (Å²) in [6.07, 6.45) is -4.64. The summed E-state index contributed by atoms with van der Waals surface area (Å²) in [4.78, 5) is 11.2. The van der Waals surface area contributed by atoms with Crippen molar-refractivity contribution < 1.29 is 41.1 Å². The van der Waals surface area contributed by atoms with Crippen LogP contribution in [0.2, 0.25) is 0 Å². The van der Waals surface area contributed by atoms with Crippen LogP contribution < -0.4 is 9.47 Å². The molecule has 35 heavy (non-hydrogen) atoms. The zero-order valence-corrected chi connectivity index (χ0v) is 19.2. The molecule has 3 aromatic rings. The van der Waals surface area contributed by atoms with Crippen LogP contribution in [0.5, 0.6) is 17.2 Å². The third kappa shape index (κ3) is 7.20. The molecule has 3 aromatic carbocycles. The smallest absolute Gasteiger partial charge is 0.457 e. The Balaban J connectivity index is 1.72. The van der Waals surface area contributed by atoms with Gasteiger partial charge in [0.1, 0.15) is 17.2 Å². The lowest BCUT2D eigenvalue weighted by molar-refractivity contribution is -0.274. The molecule has 0 bridgehead atoms. The molecule has 0 heterocycles. The molecule has 2 atom stereocenters. The Morgan fingerprint density at radius 2 is 1.43 bits per heavy atom. The predicted octanol–water partition coefficient (Wildman–Crippen LogP) is 5.17. The molecule has 1 N–H and O–H groups in total. The third-order valence-corrected chi connectivity index (χ3v) is 6.99. The van der Waals surface area contributed by atoms with Crippen LogP contribution >= 0.6 is 0 Å². The highest BCUT2D eigenvalue weighted by atomic mass is 32.2. The maximum atomic E-state index is 13.0. The van der Waals surface area contributed by atoms with Crippen molar-refractivity contribution in [3.8, 4) is 17.2 Å². The Morgan fingerprint density at radius 1 is 0.914 bits per heavy atom. The number of carbonyl (C=O) groups excluding carboxylic acids is 1. The molecule has 3 rings (SSSR count). The number of ether oxygens (including phenoxy) is 2. The summed E-state index contributed by atoms with van der Waals surface area (Å²) in [5.41, 5.74) is 0.754. The lowest BCUT2D eigenvalue weighted by atomic mass is 9.94. The second-order valence-corrected chi connectivity index (χ2v) is 9.66. The molecule has 0 fully saturated rings. The van der Waals surface area contributed by atoms with Gasteiger partial charge in [0, 0.05) is 5.92 Å². The zero-order valence-electron chi connectivity index (χ0n) is 18.4. The average molecular weight is 510 g/mol. The first kappa shape index (κ1) is 26.0. The largest absolute Gasteiger partial charge is 0.573 e. The van der Waals surface area contributed by atoms with Crippen molar-refractivity contribution in [3.05, 3.63) is 84.4 Å². The molecule has 0 aliphatic rings. The van der Waals surface area contributed by atoms with E-state index in [4.69, 9.17) is 4.74 Å². The van der Waals surface area contributed by atoms with E-state index in [0.29, 0.717) is 5.06 Å². The van der Waals surface area contributed by atoms with E-state index in [2.05, 4.69) is 4.74 Å². The summed E-state index contributed by atoms with van der Waals surface area (Å²) < 4.78 is 72.2. The van der Waals surface area contributed by atoms with Gasteiger partial charge >= 0.3 is 6.36 Å². The molecule has 0 aliphatic heterocycles. The number of amides is 1. The number of sulfone groups is 1. The fraction of sp³-hybridized carbons (Fsp3) is 0.208. The van der Waals surface area contributed by atoms with E-state index in [9.17, 15) is 31.6 Å². The van der Waals surface area contributed by atoms with Crippen LogP contribution in [0.3, 0.4) is 0 Å². The molecule has 1 unspecified atom stereocenters. The van der Waals surface area contributed by atoms with Crippen LogP contribution in [0.25, 0.3) is 0 Å². The Labute approximate surface area is 200 Å². The molecule has 11 heteroatoms. The summed E-state index contributed by atoms with van der Waals surface area (Å²) >= 11 is 0. The lowest BCUT2D eigenvalue weighted by Crippen LogP contribution is -2.41. The van der Waals surface area contributed by atoms with Crippen molar-refractivity contribution in [1.82, 2.24) is 5.06 Å². The first-order chi connectivity index (χ1) is 16.5. The molecular weight excluding hydrogens is 487 g/mol. The lowest BCUT2D eigenvalue weighted by Gasteiger charge is -2.28. The highest BCUT2D eigenvalue weighted by Crippen LogP contribution is 2.29. The summed E-state index contributed by atoms with van der Waals surface area (Å²) in [6.45, 7) is 1.71. The molecule has 1 amide bonds. The fourth-order valence-corrected chi connectivity index (χ4v) is 5.02. The highest BCUT2D eigenvalue weighted by Gasteiger charge is 2.32. The molecular formula is C24H22F3NO6S. The van der Waals surface area contributed by atoms with Gasteiger partial charge in [0.05, 0.1) is 16.7 Å². The SMILES string of the molecule is C[C@@H](c1ccccc1)C(CS(=O)(=O)c1ccc(Oc2ccc(OC(F)(F)F)cc2)cc1)N(O)C=O. The number of nitrogens with zero attached hydrogens (tertiary/aromatic N) is 1. The van der Waals surface area contributed by atoms with E-state index >= 15 is 0 Å². The first-order valence-corrected chi connectivity index (χ1v) is 12.0. The van der Waals surface area contributed by atoms with Crippen molar-refractivity contribution >= 4 is 16.2 Å². The van der Waals surface area contributed by atoms with Gasteiger partial charge in [0.2, 0.25) is 6.41 Å². The molecule has 0 saturated carbocycles. The molecule has 0 saturated heterocycles. The van der Waals surface area contributed by atoms with Gasteiger partial charge in [-0.05, 0) is 54.1 Å². The van der Waals surface area contributed by atoms with Crippen molar-refractivity contribution in [3.63, 3.8) is 0 Å².